The molecule has 0 saturated heterocycles. The molecular formula is C17H20BrClN2. The fraction of sp³-hybridized carbons (Fsp3) is 0.294. The number of anilines is 1. The number of likely N-dealkylation sites (N-methyl/N-ethyl adjacent to an activating group) is 1. The molecule has 0 aliphatic rings. The van der Waals surface area contributed by atoms with Gasteiger partial charge in [0, 0.05) is 28.3 Å². The summed E-state index contributed by atoms with van der Waals surface area (Å²) in [5.74, 6) is 0. The maximum atomic E-state index is 6.16. The zero-order chi connectivity index (χ0) is 15.4. The molecule has 0 aromatic heterocycles. The van der Waals surface area contributed by atoms with Crippen molar-refractivity contribution in [1.29, 1.82) is 0 Å². The lowest BCUT2D eigenvalue weighted by Crippen LogP contribution is -2.34. The summed E-state index contributed by atoms with van der Waals surface area (Å²) >= 11 is 9.78. The van der Waals surface area contributed by atoms with E-state index in [4.69, 9.17) is 17.3 Å². The van der Waals surface area contributed by atoms with Gasteiger partial charge in [0.05, 0.1) is 6.04 Å². The molecule has 0 heterocycles. The van der Waals surface area contributed by atoms with E-state index in [0.29, 0.717) is 6.54 Å². The molecule has 0 spiro atoms. The standard InChI is InChI=1S/C17H20BrClN2/c1-3-21(16-7-5-4-6-12(16)2)17(11-20)14-10-13(19)8-9-15(14)18/h4-10,17H,3,11,20H2,1-2H3. The Bertz CT molecular complexity index is 615. The van der Waals surface area contributed by atoms with Gasteiger partial charge in [0.15, 0.2) is 0 Å². The molecule has 0 fully saturated rings. The Morgan fingerprint density at radius 3 is 2.57 bits per heavy atom. The molecule has 2 nitrogen and oxygen atoms in total. The van der Waals surface area contributed by atoms with E-state index >= 15 is 0 Å². The molecule has 112 valence electrons. The van der Waals surface area contributed by atoms with Crippen LogP contribution in [0.1, 0.15) is 24.1 Å². The lowest BCUT2D eigenvalue weighted by Gasteiger charge is -2.34. The normalized spacial score (nSPS) is 12.2. The first-order valence-corrected chi connectivity index (χ1v) is 8.22. The summed E-state index contributed by atoms with van der Waals surface area (Å²) in [4.78, 5) is 2.33. The van der Waals surface area contributed by atoms with Gasteiger partial charge in [0.2, 0.25) is 0 Å². The van der Waals surface area contributed by atoms with Crippen molar-refractivity contribution in [1.82, 2.24) is 0 Å². The average molecular weight is 368 g/mol. The van der Waals surface area contributed by atoms with Crippen LogP contribution in [0, 0.1) is 6.92 Å². The second kappa shape index (κ2) is 7.30. The van der Waals surface area contributed by atoms with Gasteiger partial charge in [-0.2, -0.15) is 0 Å². The van der Waals surface area contributed by atoms with Gasteiger partial charge < -0.3 is 10.6 Å². The summed E-state index contributed by atoms with van der Waals surface area (Å²) in [5.41, 5.74) is 9.66. The zero-order valence-corrected chi connectivity index (χ0v) is 14.7. The topological polar surface area (TPSA) is 29.3 Å². The Balaban J connectivity index is 2.48. The molecule has 1 atom stereocenters. The van der Waals surface area contributed by atoms with Crippen LogP contribution in [-0.2, 0) is 0 Å². The van der Waals surface area contributed by atoms with Crippen molar-refractivity contribution in [3.63, 3.8) is 0 Å². The van der Waals surface area contributed by atoms with Gasteiger partial charge in [-0.1, -0.05) is 45.7 Å². The van der Waals surface area contributed by atoms with E-state index in [1.165, 1.54) is 11.3 Å². The SMILES string of the molecule is CCN(c1ccccc1C)C(CN)c1cc(Cl)ccc1Br. The molecule has 4 heteroatoms. The predicted octanol–water partition coefficient (Wildman–Crippen LogP) is 4.94. The van der Waals surface area contributed by atoms with Crippen molar-refractivity contribution in [3.05, 3.63) is 63.1 Å². The summed E-state index contributed by atoms with van der Waals surface area (Å²) in [5, 5.41) is 0.729. The van der Waals surface area contributed by atoms with Gasteiger partial charge in [0.1, 0.15) is 0 Å². The number of hydrogen-bond donors (Lipinski definition) is 1. The number of rotatable bonds is 5. The maximum Gasteiger partial charge on any atom is 0.0676 e. The second-order valence-corrected chi connectivity index (χ2v) is 6.28. The van der Waals surface area contributed by atoms with E-state index in [1.54, 1.807) is 0 Å². The highest BCUT2D eigenvalue weighted by Crippen LogP contribution is 2.33. The van der Waals surface area contributed by atoms with Crippen LogP contribution in [-0.4, -0.2) is 13.1 Å². The van der Waals surface area contributed by atoms with Crippen molar-refractivity contribution < 1.29 is 0 Å². The zero-order valence-electron chi connectivity index (χ0n) is 12.3. The van der Waals surface area contributed by atoms with Gasteiger partial charge in [-0.3, -0.25) is 0 Å². The fourth-order valence-electron chi connectivity index (χ4n) is 2.64. The molecule has 0 aliphatic heterocycles. The van der Waals surface area contributed by atoms with Crippen LogP contribution in [0.3, 0.4) is 0 Å². The molecule has 2 N–H and O–H groups in total. The van der Waals surface area contributed by atoms with Crippen molar-refractivity contribution in [2.45, 2.75) is 19.9 Å². The van der Waals surface area contributed by atoms with Gasteiger partial charge in [0.25, 0.3) is 0 Å². The molecule has 0 bridgehead atoms. The van der Waals surface area contributed by atoms with Crippen LogP contribution in [0.5, 0.6) is 0 Å². The minimum absolute atomic E-state index is 0.0872. The van der Waals surface area contributed by atoms with E-state index < -0.39 is 0 Å². The third kappa shape index (κ3) is 3.60. The monoisotopic (exact) mass is 366 g/mol. The molecule has 0 amide bonds. The molecule has 2 rings (SSSR count). The van der Waals surface area contributed by atoms with Crippen molar-refractivity contribution in [2.24, 2.45) is 5.73 Å². The Labute approximate surface area is 140 Å². The fourth-order valence-corrected chi connectivity index (χ4v) is 3.33. The summed E-state index contributed by atoms with van der Waals surface area (Å²) in [6, 6.07) is 14.3. The van der Waals surface area contributed by atoms with Gasteiger partial charge >= 0.3 is 0 Å². The molecule has 1 unspecified atom stereocenters. The van der Waals surface area contributed by atoms with E-state index in [0.717, 1.165) is 21.6 Å². The minimum atomic E-state index is 0.0872. The van der Waals surface area contributed by atoms with Crippen molar-refractivity contribution in [2.75, 3.05) is 18.0 Å². The number of para-hydroxylation sites is 1. The largest absolute Gasteiger partial charge is 0.363 e. The van der Waals surface area contributed by atoms with Crippen molar-refractivity contribution in [3.8, 4) is 0 Å². The van der Waals surface area contributed by atoms with Crippen LogP contribution in [0.25, 0.3) is 0 Å². The van der Waals surface area contributed by atoms with Gasteiger partial charge in [-0.05, 0) is 49.2 Å². The smallest absolute Gasteiger partial charge is 0.0676 e. The first kappa shape index (κ1) is 16.3. The first-order chi connectivity index (χ1) is 10.1. The number of hydrogen-bond acceptors (Lipinski definition) is 2. The molecule has 0 aliphatic carbocycles. The third-order valence-electron chi connectivity index (χ3n) is 3.68. The average Bonchev–Trinajstić information content (AvgIpc) is 2.48. The van der Waals surface area contributed by atoms with Crippen LogP contribution in [0.15, 0.2) is 46.9 Å². The highest BCUT2D eigenvalue weighted by Gasteiger charge is 2.21. The highest BCUT2D eigenvalue weighted by atomic mass is 79.9. The van der Waals surface area contributed by atoms with Gasteiger partial charge in [-0.25, -0.2) is 0 Å². The summed E-state index contributed by atoms with van der Waals surface area (Å²) in [6.07, 6.45) is 0. The highest BCUT2D eigenvalue weighted by molar-refractivity contribution is 9.10. The number of nitrogens with two attached hydrogens (primary N) is 1. The summed E-state index contributed by atoms with van der Waals surface area (Å²) in [7, 11) is 0. The molecular weight excluding hydrogens is 348 g/mol. The van der Waals surface area contributed by atoms with Crippen molar-refractivity contribution >= 4 is 33.2 Å². The number of halogens is 2. The number of nitrogens with zero attached hydrogens (tertiary/aromatic N) is 1. The number of benzene rings is 2. The van der Waals surface area contributed by atoms with Crippen LogP contribution >= 0.6 is 27.5 Å². The third-order valence-corrected chi connectivity index (χ3v) is 4.64. The van der Waals surface area contributed by atoms with E-state index in [-0.39, 0.29) is 6.04 Å². The van der Waals surface area contributed by atoms with Crippen LogP contribution in [0.4, 0.5) is 5.69 Å². The second-order valence-electron chi connectivity index (χ2n) is 4.99. The summed E-state index contributed by atoms with van der Waals surface area (Å²) in [6.45, 7) is 5.68. The first-order valence-electron chi connectivity index (χ1n) is 7.05. The molecule has 2 aromatic rings. The lowest BCUT2D eigenvalue weighted by atomic mass is 10.0. The Morgan fingerprint density at radius 2 is 1.95 bits per heavy atom. The van der Waals surface area contributed by atoms with E-state index in [2.05, 4.69) is 58.9 Å². The van der Waals surface area contributed by atoms with Gasteiger partial charge in [-0.15, -0.1) is 0 Å². The Morgan fingerprint density at radius 1 is 1.24 bits per heavy atom. The van der Waals surface area contributed by atoms with E-state index in [1.807, 2.05) is 18.2 Å². The maximum absolute atomic E-state index is 6.16. The molecule has 21 heavy (non-hydrogen) atoms. The number of aryl methyl sites for hydroxylation is 1. The minimum Gasteiger partial charge on any atom is -0.363 e. The molecule has 0 saturated carbocycles. The van der Waals surface area contributed by atoms with Crippen LogP contribution < -0.4 is 10.6 Å². The molecule has 0 radical (unpaired) electrons. The molecule has 2 aromatic carbocycles. The predicted molar refractivity (Wildman–Crippen MR) is 95.1 cm³/mol. The Hall–Kier alpha value is -1.03. The quantitative estimate of drug-likeness (QED) is 0.811. The summed E-state index contributed by atoms with van der Waals surface area (Å²) < 4.78 is 1.04. The Kier molecular flexibility index (Phi) is 5.68. The lowest BCUT2D eigenvalue weighted by molar-refractivity contribution is 0.639. The van der Waals surface area contributed by atoms with E-state index in [9.17, 15) is 0 Å². The van der Waals surface area contributed by atoms with Crippen LogP contribution in [0.2, 0.25) is 5.02 Å².